The molecule has 6 aromatic rings. The van der Waals surface area contributed by atoms with Crippen LogP contribution >= 0.6 is 21.7 Å². The van der Waals surface area contributed by atoms with Crippen LogP contribution in [-0.4, -0.2) is 35.8 Å². The Morgan fingerprint density at radius 1 is 0.420 bits per heavy atom. The number of rotatable bonds is 23. The van der Waals surface area contributed by atoms with E-state index >= 15 is 13.7 Å². The van der Waals surface area contributed by atoms with E-state index in [9.17, 15) is 14.4 Å². The van der Waals surface area contributed by atoms with Crippen molar-refractivity contribution in [2.75, 3.05) is 19.3 Å². The van der Waals surface area contributed by atoms with Crippen LogP contribution in [0.3, 0.4) is 0 Å². The normalized spacial score (nSPS) is 14.6. The Bertz CT molecular complexity index is 2900. The van der Waals surface area contributed by atoms with Gasteiger partial charge in [-0.15, -0.1) is 0 Å². The second-order valence-corrected chi connectivity index (χ2v) is 26.8. The fourth-order valence-corrected chi connectivity index (χ4v) is 17.4. The van der Waals surface area contributed by atoms with E-state index in [0.29, 0.717) is 64.7 Å². The maximum absolute atomic E-state index is 15.4. The van der Waals surface area contributed by atoms with Crippen molar-refractivity contribution in [3.8, 4) is 0 Å². The van der Waals surface area contributed by atoms with Crippen LogP contribution in [-0.2, 0) is 13.7 Å². The van der Waals surface area contributed by atoms with E-state index in [1.54, 1.807) is 60.7 Å². The summed E-state index contributed by atoms with van der Waals surface area (Å²) in [6.07, 6.45) is 4.00. The van der Waals surface area contributed by atoms with Gasteiger partial charge in [0.2, 0.25) is 31.2 Å². The summed E-state index contributed by atoms with van der Waals surface area (Å²) < 4.78 is 45.5. The lowest BCUT2D eigenvalue weighted by atomic mass is 9.96. The van der Waals surface area contributed by atoms with E-state index < -0.39 is 32.8 Å². The van der Waals surface area contributed by atoms with E-state index in [0.717, 1.165) is 56.5 Å². The number of aryl methyl sites for hydroxylation is 9. The molecule has 69 heavy (non-hydrogen) atoms. The third-order valence-electron chi connectivity index (χ3n) is 13.3. The maximum Gasteiger partial charge on any atom is 0.243 e. The highest BCUT2D eigenvalue weighted by molar-refractivity contribution is 7.87. The first-order chi connectivity index (χ1) is 32.8. The fourth-order valence-electron chi connectivity index (χ4n) is 10.1. The van der Waals surface area contributed by atoms with Gasteiger partial charge in [-0.25, -0.2) is 0 Å². The highest BCUT2D eigenvalue weighted by atomic mass is 31.2. The van der Waals surface area contributed by atoms with E-state index in [2.05, 4.69) is 10.2 Å². The van der Waals surface area contributed by atoms with Crippen molar-refractivity contribution in [3.05, 3.63) is 194 Å². The summed E-state index contributed by atoms with van der Waals surface area (Å²) in [5, 5.41) is 8.02. The molecule has 0 aliphatic carbocycles. The molecule has 0 bridgehead atoms. The molecule has 6 rings (SSSR count). The molecule has 0 fully saturated rings. The van der Waals surface area contributed by atoms with E-state index in [4.69, 9.17) is 0 Å². The Kier molecular flexibility index (Phi) is 17.9. The van der Waals surface area contributed by atoms with Crippen LogP contribution in [0.5, 0.6) is 0 Å². The standard InChI is InChI=1S/C58H69N2O6P3/c1-40-33-43(4)53(44(5)34-40)56(61)67(64,50-25-15-10-16-26-50)32-21-13-14-23-49(39-60-69(66,52-29-19-12-20-30-52)58(63)55-47(8)37-42(3)38-48(55)9)24-22-31-59-68(65,51-27-17-11-18-28-51)57(62)54-45(6)35-41(2)36-46(54)7/h10-12,15-20,25-30,33-38,49H,13-14,21-24,31-32,39H2,1-9H3,(H,59,65)(H,60,66). The van der Waals surface area contributed by atoms with Gasteiger partial charge in [-0.1, -0.05) is 133 Å². The number of unbranched alkanes of at least 4 members (excludes halogenated alkanes) is 2. The Hall–Kier alpha value is -5.06. The van der Waals surface area contributed by atoms with Gasteiger partial charge in [0.05, 0.1) is 0 Å². The fraction of sp³-hybridized carbons (Fsp3) is 0.328. The number of nitrogens with one attached hydrogen (secondary N) is 2. The topological polar surface area (TPSA) is 126 Å². The molecule has 0 spiro atoms. The van der Waals surface area contributed by atoms with Gasteiger partial charge in [0.25, 0.3) is 0 Å². The van der Waals surface area contributed by atoms with Gasteiger partial charge < -0.3 is 4.57 Å². The summed E-state index contributed by atoms with van der Waals surface area (Å²) >= 11 is 0. The zero-order valence-corrected chi connectivity index (χ0v) is 44.5. The Morgan fingerprint density at radius 3 is 1.17 bits per heavy atom. The molecule has 362 valence electrons. The highest BCUT2D eigenvalue weighted by Gasteiger charge is 2.39. The predicted molar refractivity (Wildman–Crippen MR) is 288 cm³/mol. The molecule has 11 heteroatoms. The van der Waals surface area contributed by atoms with Crippen LogP contribution < -0.4 is 26.1 Å². The average molecular weight is 983 g/mol. The SMILES string of the molecule is Cc1cc(C)c(C(=O)P(=O)(CCCCCC(CCCNP(=O)(C(=O)c2c(C)cc(C)cc2C)c2ccccc2)CNP(=O)(C(=O)c2c(C)cc(C)cc2C)c2ccccc2)c2ccccc2)c(C)c1. The summed E-state index contributed by atoms with van der Waals surface area (Å²) in [6, 6.07) is 38.6. The predicted octanol–water partition coefficient (Wildman–Crippen LogP) is 13.3. The molecule has 0 aliphatic rings. The maximum atomic E-state index is 15.4. The van der Waals surface area contributed by atoms with Gasteiger partial charge in [0.15, 0.2) is 7.14 Å². The highest BCUT2D eigenvalue weighted by Crippen LogP contribution is 2.50. The number of carbonyl (C=O) groups excluding carboxylic acids is 3. The lowest BCUT2D eigenvalue weighted by Gasteiger charge is -2.25. The van der Waals surface area contributed by atoms with Crippen molar-refractivity contribution in [2.45, 2.75) is 101 Å². The summed E-state index contributed by atoms with van der Waals surface area (Å²) in [5.41, 5.74) is 8.11. The number of hydrogen-bond acceptors (Lipinski definition) is 6. The smallest absolute Gasteiger partial charge is 0.243 e. The van der Waals surface area contributed by atoms with Gasteiger partial charge in [-0.2, -0.15) is 0 Å². The number of benzene rings is 6. The number of hydrogen-bond donors (Lipinski definition) is 2. The van der Waals surface area contributed by atoms with Crippen LogP contribution in [0.25, 0.3) is 0 Å². The van der Waals surface area contributed by atoms with Crippen molar-refractivity contribution in [1.29, 1.82) is 0 Å². The quantitative estimate of drug-likeness (QED) is 0.0480. The van der Waals surface area contributed by atoms with Crippen LogP contribution in [0.4, 0.5) is 0 Å². The largest absolute Gasteiger partial charge is 0.310 e. The molecule has 0 radical (unpaired) electrons. The van der Waals surface area contributed by atoms with Gasteiger partial charge in [-0.3, -0.25) is 33.7 Å². The minimum Gasteiger partial charge on any atom is -0.310 e. The molecule has 0 aromatic heterocycles. The molecular formula is C58H69N2O6P3. The van der Waals surface area contributed by atoms with Crippen molar-refractivity contribution in [1.82, 2.24) is 10.2 Å². The molecular weight excluding hydrogens is 914 g/mol. The zero-order chi connectivity index (χ0) is 50.1. The second kappa shape index (κ2) is 23.2. The van der Waals surface area contributed by atoms with Crippen molar-refractivity contribution >= 4 is 54.2 Å². The van der Waals surface area contributed by atoms with Gasteiger partial charge >= 0.3 is 0 Å². The monoisotopic (exact) mass is 982 g/mol. The minimum absolute atomic E-state index is 0.0920. The molecule has 2 N–H and O–H groups in total. The van der Waals surface area contributed by atoms with E-state index in [1.807, 2.05) is 129 Å². The second-order valence-electron chi connectivity index (χ2n) is 19.1. The van der Waals surface area contributed by atoms with E-state index in [1.165, 1.54) is 0 Å². The molecule has 4 atom stereocenters. The van der Waals surface area contributed by atoms with Gasteiger partial charge in [0.1, 0.15) is 0 Å². The molecule has 6 aromatic carbocycles. The van der Waals surface area contributed by atoms with E-state index in [-0.39, 0.29) is 30.7 Å². The first kappa shape index (κ1) is 53.3. The summed E-state index contributed by atoms with van der Waals surface area (Å²) in [6.45, 7) is 17.8. The zero-order valence-electron chi connectivity index (χ0n) is 41.9. The van der Waals surface area contributed by atoms with Gasteiger partial charge in [0, 0.05) is 51.9 Å². The van der Waals surface area contributed by atoms with Crippen LogP contribution in [0.2, 0.25) is 0 Å². The summed E-state index contributed by atoms with van der Waals surface area (Å²) in [7, 11) is -11.2. The van der Waals surface area contributed by atoms with Crippen molar-refractivity contribution in [2.24, 2.45) is 5.92 Å². The molecule has 0 amide bonds. The molecule has 0 saturated heterocycles. The number of carbonyl (C=O) groups is 3. The Morgan fingerprint density at radius 2 is 0.768 bits per heavy atom. The first-order valence-electron chi connectivity index (χ1n) is 24.1. The van der Waals surface area contributed by atoms with Crippen LogP contribution in [0.15, 0.2) is 127 Å². The lowest BCUT2D eigenvalue weighted by Crippen LogP contribution is -2.31. The Balaban J connectivity index is 1.25. The van der Waals surface area contributed by atoms with Gasteiger partial charge in [-0.05, 0) is 152 Å². The third kappa shape index (κ3) is 12.3. The first-order valence-corrected chi connectivity index (χ1v) is 29.4. The van der Waals surface area contributed by atoms with Crippen LogP contribution in [0, 0.1) is 68.2 Å². The molecule has 0 aliphatic heterocycles. The van der Waals surface area contributed by atoms with Crippen LogP contribution in [0.1, 0.15) is 120 Å². The summed E-state index contributed by atoms with van der Waals surface area (Å²) in [5.74, 6) is -0.0920. The third-order valence-corrected chi connectivity index (χ3v) is 21.2. The Labute approximate surface area is 410 Å². The molecule has 0 heterocycles. The molecule has 8 nitrogen and oxygen atoms in total. The van der Waals surface area contributed by atoms with Crippen molar-refractivity contribution < 1.29 is 28.1 Å². The average Bonchev–Trinajstić information content (AvgIpc) is 3.31. The summed E-state index contributed by atoms with van der Waals surface area (Å²) in [4.78, 5) is 43.5. The molecule has 0 saturated carbocycles. The lowest BCUT2D eigenvalue weighted by molar-refractivity contribution is 0.106. The molecule has 4 unspecified atom stereocenters. The minimum atomic E-state index is -3.89. The van der Waals surface area contributed by atoms with Crippen molar-refractivity contribution in [3.63, 3.8) is 0 Å².